The van der Waals surface area contributed by atoms with Gasteiger partial charge >= 0.3 is 0 Å². The molecule has 0 aliphatic rings. The highest BCUT2D eigenvalue weighted by Gasteiger charge is 2.36. The van der Waals surface area contributed by atoms with E-state index in [1.54, 1.807) is 5.38 Å². The summed E-state index contributed by atoms with van der Waals surface area (Å²) in [6.45, 7) is 9.77. The molecule has 0 saturated heterocycles. The van der Waals surface area contributed by atoms with Crippen LogP contribution in [-0.2, 0) is 11.2 Å². The highest BCUT2D eigenvalue weighted by Crippen LogP contribution is 2.32. The van der Waals surface area contributed by atoms with Gasteiger partial charge < -0.3 is 5.32 Å². The molecule has 0 fully saturated rings. The summed E-state index contributed by atoms with van der Waals surface area (Å²) in [4.78, 5) is 28.7. The van der Waals surface area contributed by atoms with Crippen molar-refractivity contribution in [1.82, 2.24) is 14.9 Å². The lowest BCUT2D eigenvalue weighted by Crippen LogP contribution is -2.49. The summed E-state index contributed by atoms with van der Waals surface area (Å²) in [6.07, 6.45) is 0.893. The zero-order valence-corrected chi connectivity index (χ0v) is 19.4. The van der Waals surface area contributed by atoms with Crippen molar-refractivity contribution in [2.45, 2.75) is 52.6 Å². The summed E-state index contributed by atoms with van der Waals surface area (Å²) < 4.78 is 3.84. The first-order valence-corrected chi connectivity index (χ1v) is 11.1. The number of amides is 2. The van der Waals surface area contributed by atoms with Gasteiger partial charge in [-0.05, 0) is 68.4 Å². The minimum absolute atomic E-state index is 0.215. The molecule has 162 valence electrons. The lowest BCUT2D eigenvalue weighted by Gasteiger charge is -2.34. The molecule has 1 atom stereocenters. The van der Waals surface area contributed by atoms with Crippen molar-refractivity contribution in [1.29, 1.82) is 0 Å². The van der Waals surface area contributed by atoms with E-state index in [1.165, 1.54) is 4.90 Å². The molecule has 0 aliphatic heterocycles. The van der Waals surface area contributed by atoms with Crippen molar-refractivity contribution in [2.75, 3.05) is 4.90 Å². The molecular weight excluding hydrogens is 408 g/mol. The minimum Gasteiger partial charge on any atom is -0.349 e. The third-order valence-electron chi connectivity index (χ3n) is 4.88. The second-order valence-electron chi connectivity index (χ2n) is 8.49. The number of para-hydroxylation sites is 1. The monoisotopic (exact) mass is 436 g/mol. The molecule has 0 saturated carbocycles. The molecule has 1 heterocycles. The van der Waals surface area contributed by atoms with Gasteiger partial charge in [-0.15, -0.1) is 5.10 Å². The van der Waals surface area contributed by atoms with Crippen LogP contribution in [-0.4, -0.2) is 26.9 Å². The lowest BCUT2D eigenvalue weighted by atomic mass is 9.98. The van der Waals surface area contributed by atoms with Crippen molar-refractivity contribution in [2.24, 2.45) is 0 Å². The first-order chi connectivity index (χ1) is 14.7. The number of aryl methyl sites for hydroxylation is 2. The third-order valence-corrected chi connectivity index (χ3v) is 5.39. The maximum absolute atomic E-state index is 13.6. The predicted octanol–water partition coefficient (Wildman–Crippen LogP) is 4.71. The van der Waals surface area contributed by atoms with E-state index in [-0.39, 0.29) is 17.5 Å². The molecule has 1 unspecified atom stereocenters. The van der Waals surface area contributed by atoms with E-state index in [2.05, 4.69) is 21.8 Å². The van der Waals surface area contributed by atoms with E-state index < -0.39 is 11.6 Å². The highest BCUT2D eigenvalue weighted by molar-refractivity contribution is 7.03. The van der Waals surface area contributed by atoms with Crippen molar-refractivity contribution in [3.8, 4) is 0 Å². The Morgan fingerprint density at radius 3 is 2.32 bits per heavy atom. The Kier molecular flexibility index (Phi) is 6.85. The second kappa shape index (κ2) is 9.39. The van der Waals surface area contributed by atoms with Gasteiger partial charge in [0.25, 0.3) is 5.91 Å². The van der Waals surface area contributed by atoms with Gasteiger partial charge in [-0.25, -0.2) is 0 Å². The molecule has 0 radical (unpaired) electrons. The maximum atomic E-state index is 13.6. The van der Waals surface area contributed by atoms with Crippen LogP contribution in [0.5, 0.6) is 0 Å². The zero-order chi connectivity index (χ0) is 22.6. The Bertz CT molecular complexity index is 1040. The Morgan fingerprint density at radius 2 is 1.77 bits per heavy atom. The summed E-state index contributed by atoms with van der Waals surface area (Å²) in [5.41, 5.74) is 3.20. The van der Waals surface area contributed by atoms with Crippen molar-refractivity contribution in [3.63, 3.8) is 0 Å². The molecule has 2 amide bonds. The molecule has 3 rings (SSSR count). The Balaban J connectivity index is 2.19. The largest absolute Gasteiger partial charge is 0.349 e. The fourth-order valence-electron chi connectivity index (χ4n) is 3.37. The van der Waals surface area contributed by atoms with Gasteiger partial charge in [0.2, 0.25) is 5.91 Å². The topological polar surface area (TPSA) is 75.2 Å². The first kappa shape index (κ1) is 22.6. The van der Waals surface area contributed by atoms with Crippen LogP contribution in [0.15, 0.2) is 53.9 Å². The van der Waals surface area contributed by atoms with E-state index >= 15 is 0 Å². The number of hydrogen-bond donors (Lipinski definition) is 1. The van der Waals surface area contributed by atoms with Gasteiger partial charge in [-0.3, -0.25) is 14.5 Å². The zero-order valence-electron chi connectivity index (χ0n) is 18.5. The quantitative estimate of drug-likeness (QED) is 0.607. The molecule has 1 N–H and O–H groups in total. The van der Waals surface area contributed by atoms with Gasteiger partial charge in [0, 0.05) is 16.6 Å². The molecule has 31 heavy (non-hydrogen) atoms. The standard InChI is InChI=1S/C24H28N4O2S/c1-6-17-11-13-18(14-12-17)21(22(29)25-24(3,4)5)28(20-10-8-7-9-16(20)2)23(30)19-15-31-27-26-19/h7-15,21H,6H2,1-5H3,(H,25,29). The van der Waals surface area contributed by atoms with Gasteiger partial charge in [0.1, 0.15) is 6.04 Å². The summed E-state index contributed by atoms with van der Waals surface area (Å²) in [5.74, 6) is -0.617. The molecule has 7 heteroatoms. The Labute approximate surface area is 187 Å². The fourth-order valence-corrected chi connectivity index (χ4v) is 3.80. The number of benzene rings is 2. The van der Waals surface area contributed by atoms with Crippen LogP contribution in [0.25, 0.3) is 0 Å². The van der Waals surface area contributed by atoms with Crippen LogP contribution >= 0.6 is 11.5 Å². The van der Waals surface area contributed by atoms with Gasteiger partial charge in [-0.2, -0.15) is 0 Å². The molecule has 1 aromatic heterocycles. The van der Waals surface area contributed by atoms with Crippen LogP contribution < -0.4 is 10.2 Å². The van der Waals surface area contributed by atoms with E-state index in [1.807, 2.05) is 76.2 Å². The van der Waals surface area contributed by atoms with Gasteiger partial charge in [-0.1, -0.05) is 53.9 Å². The maximum Gasteiger partial charge on any atom is 0.280 e. The average molecular weight is 437 g/mol. The van der Waals surface area contributed by atoms with Crippen molar-refractivity contribution >= 4 is 29.0 Å². The molecule has 0 aliphatic carbocycles. The van der Waals surface area contributed by atoms with Crippen LogP contribution in [0.4, 0.5) is 5.69 Å². The van der Waals surface area contributed by atoms with Crippen LogP contribution in [0, 0.1) is 6.92 Å². The van der Waals surface area contributed by atoms with E-state index in [9.17, 15) is 9.59 Å². The van der Waals surface area contributed by atoms with E-state index in [0.717, 1.165) is 34.6 Å². The second-order valence-corrected chi connectivity index (χ2v) is 9.10. The Morgan fingerprint density at radius 1 is 1.10 bits per heavy atom. The summed E-state index contributed by atoms with van der Waals surface area (Å²) in [5, 5.41) is 8.63. The molecule has 0 spiro atoms. The molecule has 2 aromatic carbocycles. The number of nitrogens with one attached hydrogen (secondary N) is 1. The molecule has 6 nitrogen and oxygen atoms in total. The van der Waals surface area contributed by atoms with Gasteiger partial charge in [0.05, 0.1) is 0 Å². The predicted molar refractivity (Wildman–Crippen MR) is 124 cm³/mol. The average Bonchev–Trinajstić information content (AvgIpc) is 3.26. The Hall–Kier alpha value is -3.06. The lowest BCUT2D eigenvalue weighted by molar-refractivity contribution is -0.123. The SMILES string of the molecule is CCc1ccc(C(C(=O)NC(C)(C)C)N(C(=O)c2csnn2)c2ccccc2C)cc1. The van der Waals surface area contributed by atoms with Gasteiger partial charge in [0.15, 0.2) is 5.69 Å². The summed E-state index contributed by atoms with van der Waals surface area (Å²) in [7, 11) is 0. The molecule has 3 aromatic rings. The number of aromatic nitrogens is 2. The normalized spacial score (nSPS) is 12.3. The number of nitrogens with zero attached hydrogens (tertiary/aromatic N) is 3. The first-order valence-electron chi connectivity index (χ1n) is 10.3. The molecule has 0 bridgehead atoms. The van der Waals surface area contributed by atoms with E-state index in [4.69, 9.17) is 0 Å². The summed E-state index contributed by atoms with van der Waals surface area (Å²) >= 11 is 1.11. The van der Waals surface area contributed by atoms with Crippen LogP contribution in [0.3, 0.4) is 0 Å². The van der Waals surface area contributed by atoms with E-state index in [0.29, 0.717) is 5.69 Å². The minimum atomic E-state index is -0.861. The van der Waals surface area contributed by atoms with Crippen molar-refractivity contribution < 1.29 is 9.59 Å². The van der Waals surface area contributed by atoms with Crippen molar-refractivity contribution in [3.05, 3.63) is 76.3 Å². The number of rotatable bonds is 6. The highest BCUT2D eigenvalue weighted by atomic mass is 32.1. The fraction of sp³-hybridized carbons (Fsp3) is 0.333. The molecular formula is C24H28N4O2S. The number of carbonyl (C=O) groups is 2. The smallest absolute Gasteiger partial charge is 0.280 e. The van der Waals surface area contributed by atoms with Crippen LogP contribution in [0.2, 0.25) is 0 Å². The van der Waals surface area contributed by atoms with Crippen LogP contribution in [0.1, 0.15) is 60.9 Å². The summed E-state index contributed by atoms with van der Waals surface area (Å²) in [6, 6.07) is 14.5. The number of hydrogen-bond acceptors (Lipinski definition) is 5. The number of carbonyl (C=O) groups excluding carboxylic acids is 2. The number of anilines is 1. The third kappa shape index (κ3) is 5.35.